The number of hydrogen-bond donors (Lipinski definition) is 2. The summed E-state index contributed by atoms with van der Waals surface area (Å²) in [5, 5.41) is 3.15. The molecule has 3 atom stereocenters. The summed E-state index contributed by atoms with van der Waals surface area (Å²) in [6.07, 6.45) is 9.15. The van der Waals surface area contributed by atoms with Gasteiger partial charge in [0.25, 0.3) is 0 Å². The van der Waals surface area contributed by atoms with E-state index in [9.17, 15) is 13.6 Å². The Morgan fingerprint density at radius 2 is 1.94 bits per heavy atom. The molecule has 1 unspecified atom stereocenters. The summed E-state index contributed by atoms with van der Waals surface area (Å²) in [4.78, 5) is 14.9. The fourth-order valence-corrected chi connectivity index (χ4v) is 5.35. The highest BCUT2D eigenvalue weighted by Crippen LogP contribution is 2.34. The lowest BCUT2D eigenvalue weighted by molar-refractivity contribution is -0.0169. The van der Waals surface area contributed by atoms with Crippen molar-refractivity contribution in [3.8, 4) is 0 Å². The molecule has 3 rings (SSSR count). The van der Waals surface area contributed by atoms with E-state index in [4.69, 9.17) is 15.2 Å². The molecule has 1 saturated heterocycles. The largest absolute Gasteiger partial charge is 0.385 e. The van der Waals surface area contributed by atoms with Crippen molar-refractivity contribution in [1.29, 1.82) is 0 Å². The van der Waals surface area contributed by atoms with E-state index in [0.717, 1.165) is 25.3 Å². The van der Waals surface area contributed by atoms with Crippen molar-refractivity contribution in [2.75, 3.05) is 40.0 Å². The molecule has 0 radical (unpaired) electrons. The van der Waals surface area contributed by atoms with Gasteiger partial charge >= 0.3 is 6.03 Å². The molecule has 2 aliphatic rings. The molecule has 192 valence electrons. The highest BCUT2D eigenvalue weighted by Gasteiger charge is 2.32. The van der Waals surface area contributed by atoms with E-state index in [-0.39, 0.29) is 18.0 Å². The van der Waals surface area contributed by atoms with E-state index in [2.05, 4.69) is 5.32 Å². The SMILES string of the molecule is COCCCOC(c1ccc(F)c(F)c1)[C@@H]1CCCN(C(=O)N[C@H](CN)CC2CCCCC2)C1. The third-order valence-corrected chi connectivity index (χ3v) is 7.19. The quantitative estimate of drug-likeness (QED) is 0.446. The van der Waals surface area contributed by atoms with Crippen molar-refractivity contribution in [3.63, 3.8) is 0 Å². The van der Waals surface area contributed by atoms with Crippen LogP contribution in [0, 0.1) is 23.5 Å². The molecule has 2 fully saturated rings. The number of rotatable bonds is 11. The number of nitrogens with two attached hydrogens (primary N) is 1. The second kappa shape index (κ2) is 14.0. The number of carbonyl (C=O) groups is 1. The van der Waals surface area contributed by atoms with Crippen molar-refractivity contribution in [2.24, 2.45) is 17.6 Å². The van der Waals surface area contributed by atoms with Crippen molar-refractivity contribution in [3.05, 3.63) is 35.4 Å². The van der Waals surface area contributed by atoms with Gasteiger partial charge in [0.2, 0.25) is 0 Å². The second-order valence-corrected chi connectivity index (χ2v) is 9.78. The first-order chi connectivity index (χ1) is 16.5. The fraction of sp³-hybridized carbons (Fsp3) is 0.731. The van der Waals surface area contributed by atoms with Crippen LogP contribution in [0.25, 0.3) is 0 Å². The third kappa shape index (κ3) is 7.89. The monoisotopic (exact) mass is 481 g/mol. The van der Waals surface area contributed by atoms with Crippen LogP contribution in [0.2, 0.25) is 0 Å². The molecule has 8 heteroatoms. The molecule has 1 aliphatic heterocycles. The lowest BCUT2D eigenvalue weighted by Gasteiger charge is -2.38. The van der Waals surface area contributed by atoms with Gasteiger partial charge < -0.3 is 25.4 Å². The predicted molar refractivity (Wildman–Crippen MR) is 128 cm³/mol. The average Bonchev–Trinajstić information content (AvgIpc) is 2.86. The summed E-state index contributed by atoms with van der Waals surface area (Å²) in [7, 11) is 1.63. The lowest BCUT2D eigenvalue weighted by Crippen LogP contribution is -2.51. The minimum absolute atomic E-state index is 0.0124. The maximum atomic E-state index is 14.0. The van der Waals surface area contributed by atoms with Crippen LogP contribution >= 0.6 is 0 Å². The Labute approximate surface area is 202 Å². The molecular formula is C26H41F2N3O3. The summed E-state index contributed by atoms with van der Waals surface area (Å²) in [6, 6.07) is 3.81. The van der Waals surface area contributed by atoms with E-state index in [1.165, 1.54) is 38.2 Å². The van der Waals surface area contributed by atoms with Crippen LogP contribution in [0.1, 0.15) is 69.5 Å². The molecule has 1 heterocycles. The molecule has 6 nitrogen and oxygen atoms in total. The van der Waals surface area contributed by atoms with Crippen LogP contribution in [0.4, 0.5) is 13.6 Å². The van der Waals surface area contributed by atoms with E-state index in [0.29, 0.717) is 50.8 Å². The predicted octanol–water partition coefficient (Wildman–Crippen LogP) is 4.78. The van der Waals surface area contributed by atoms with Crippen LogP contribution in [-0.4, -0.2) is 56.9 Å². The molecular weight excluding hydrogens is 440 g/mol. The molecule has 0 bridgehead atoms. The van der Waals surface area contributed by atoms with Crippen LogP contribution in [-0.2, 0) is 9.47 Å². The van der Waals surface area contributed by atoms with Crippen molar-refractivity contribution in [2.45, 2.75) is 69.9 Å². The van der Waals surface area contributed by atoms with E-state index in [1.807, 2.05) is 4.90 Å². The van der Waals surface area contributed by atoms with E-state index in [1.54, 1.807) is 13.2 Å². The molecule has 1 aromatic carbocycles. The molecule has 1 aliphatic carbocycles. The molecule has 2 amide bonds. The zero-order valence-electron chi connectivity index (χ0n) is 20.4. The minimum atomic E-state index is -0.887. The van der Waals surface area contributed by atoms with E-state index < -0.39 is 17.7 Å². The Hall–Kier alpha value is -1.77. The summed E-state index contributed by atoms with van der Waals surface area (Å²) < 4.78 is 38.8. The van der Waals surface area contributed by atoms with Gasteiger partial charge in [0.05, 0.1) is 6.10 Å². The maximum absolute atomic E-state index is 14.0. The number of methoxy groups -OCH3 is 1. The van der Waals surface area contributed by atoms with Gasteiger partial charge in [-0.2, -0.15) is 0 Å². The van der Waals surface area contributed by atoms with Crippen molar-refractivity contribution < 1.29 is 23.0 Å². The molecule has 0 spiro atoms. The minimum Gasteiger partial charge on any atom is -0.385 e. The Kier molecular flexibility index (Phi) is 11.0. The third-order valence-electron chi connectivity index (χ3n) is 7.19. The standard InChI is InChI=1S/C26H41F2N3O3/c1-33-13-6-14-34-25(20-10-11-23(27)24(28)16-20)21-9-5-12-31(18-21)26(32)30-22(17-29)15-19-7-3-2-4-8-19/h10-11,16,19,21-22,25H,2-9,12-15,17-18,29H2,1H3,(H,30,32)/t21-,22+,25?/m1/s1. The first-order valence-corrected chi connectivity index (χ1v) is 12.8. The van der Waals surface area contributed by atoms with Gasteiger partial charge in [0, 0.05) is 51.9 Å². The number of likely N-dealkylation sites (tertiary alicyclic amines) is 1. The van der Waals surface area contributed by atoms with Crippen LogP contribution in [0.3, 0.4) is 0 Å². The summed E-state index contributed by atoms with van der Waals surface area (Å²) >= 11 is 0. The van der Waals surface area contributed by atoms with Gasteiger partial charge in [-0.1, -0.05) is 38.2 Å². The Balaban J connectivity index is 1.63. The highest BCUT2D eigenvalue weighted by atomic mass is 19.2. The van der Waals surface area contributed by atoms with Crippen molar-refractivity contribution in [1.82, 2.24) is 10.2 Å². The number of urea groups is 1. The summed E-state index contributed by atoms with van der Waals surface area (Å²) in [6.45, 7) is 2.60. The number of halogens is 2. The highest BCUT2D eigenvalue weighted by molar-refractivity contribution is 5.74. The molecule has 34 heavy (non-hydrogen) atoms. The number of hydrogen-bond acceptors (Lipinski definition) is 4. The van der Waals surface area contributed by atoms with Gasteiger partial charge in [0.15, 0.2) is 11.6 Å². The lowest BCUT2D eigenvalue weighted by atomic mass is 9.85. The van der Waals surface area contributed by atoms with Gasteiger partial charge in [0.1, 0.15) is 0 Å². The number of benzene rings is 1. The number of nitrogens with one attached hydrogen (secondary N) is 1. The van der Waals surface area contributed by atoms with E-state index >= 15 is 0 Å². The summed E-state index contributed by atoms with van der Waals surface area (Å²) in [5.41, 5.74) is 6.59. The number of amides is 2. The molecule has 1 saturated carbocycles. The van der Waals surface area contributed by atoms with Gasteiger partial charge in [-0.3, -0.25) is 0 Å². The molecule has 3 N–H and O–H groups in total. The average molecular weight is 482 g/mol. The summed E-state index contributed by atoms with van der Waals surface area (Å²) in [5.74, 6) is -1.14. The fourth-order valence-electron chi connectivity index (χ4n) is 5.35. The first-order valence-electron chi connectivity index (χ1n) is 12.8. The second-order valence-electron chi connectivity index (χ2n) is 9.78. The zero-order chi connectivity index (χ0) is 24.3. The van der Waals surface area contributed by atoms with Crippen LogP contribution in [0.5, 0.6) is 0 Å². The maximum Gasteiger partial charge on any atom is 0.317 e. The first kappa shape index (κ1) is 26.8. The number of nitrogens with zero attached hydrogens (tertiary/aromatic N) is 1. The van der Waals surface area contributed by atoms with Gasteiger partial charge in [-0.15, -0.1) is 0 Å². The Bertz CT molecular complexity index is 761. The van der Waals surface area contributed by atoms with Crippen LogP contribution < -0.4 is 11.1 Å². The molecule has 1 aromatic rings. The molecule has 0 aromatic heterocycles. The number of carbonyl (C=O) groups excluding carboxylic acids is 1. The topological polar surface area (TPSA) is 76.8 Å². The normalized spacial score (nSPS) is 21.3. The number of ether oxygens (including phenoxy) is 2. The Morgan fingerprint density at radius 1 is 1.15 bits per heavy atom. The van der Waals surface area contributed by atoms with Gasteiger partial charge in [-0.05, 0) is 49.3 Å². The zero-order valence-corrected chi connectivity index (χ0v) is 20.4. The smallest absolute Gasteiger partial charge is 0.317 e. The Morgan fingerprint density at radius 3 is 2.65 bits per heavy atom. The number of piperidine rings is 1. The van der Waals surface area contributed by atoms with Gasteiger partial charge in [-0.25, -0.2) is 13.6 Å². The van der Waals surface area contributed by atoms with Crippen molar-refractivity contribution >= 4 is 6.03 Å². The van der Waals surface area contributed by atoms with Crippen LogP contribution in [0.15, 0.2) is 18.2 Å².